The Morgan fingerprint density at radius 2 is 2.05 bits per heavy atom. The van der Waals surface area contributed by atoms with Crippen molar-refractivity contribution in [3.05, 3.63) is 30.1 Å². The van der Waals surface area contributed by atoms with Crippen LogP contribution in [-0.2, 0) is 22.7 Å². The Labute approximate surface area is 127 Å². The molecule has 0 atom stereocenters. The van der Waals surface area contributed by atoms with E-state index in [1.165, 1.54) is 0 Å². The van der Waals surface area contributed by atoms with Crippen LogP contribution in [0.1, 0.15) is 12.2 Å². The summed E-state index contributed by atoms with van der Waals surface area (Å²) < 4.78 is 7.37. The van der Waals surface area contributed by atoms with Gasteiger partial charge in [0, 0.05) is 19.0 Å². The molecular weight excluding hydrogens is 282 g/mol. The fraction of sp³-hybridized carbons (Fsp3) is 0.333. The number of anilines is 1. The van der Waals surface area contributed by atoms with E-state index < -0.39 is 0 Å². The van der Waals surface area contributed by atoms with E-state index in [4.69, 9.17) is 16.4 Å². The number of pyridine rings is 1. The quantitative estimate of drug-likeness (QED) is 0.529. The molecule has 0 unspecified atom stereocenters. The van der Waals surface area contributed by atoms with Gasteiger partial charge in [-0.05, 0) is 12.5 Å². The first-order valence-corrected chi connectivity index (χ1v) is 7.10. The molecule has 0 aliphatic carbocycles. The van der Waals surface area contributed by atoms with Crippen molar-refractivity contribution in [1.82, 2.24) is 14.5 Å². The maximum absolute atomic E-state index is 6.08. The molecule has 0 fully saturated rings. The molecule has 3 rings (SSSR count). The number of aryl methyl sites for hydroxylation is 1. The second-order valence-corrected chi connectivity index (χ2v) is 5.05. The number of nitrogens with two attached hydrogens (primary N) is 2. The minimum atomic E-state index is 0.409. The molecule has 4 N–H and O–H groups in total. The van der Waals surface area contributed by atoms with E-state index in [0.29, 0.717) is 24.5 Å². The van der Waals surface area contributed by atoms with Crippen LogP contribution in [-0.4, -0.2) is 28.3 Å². The van der Waals surface area contributed by atoms with Gasteiger partial charge in [0.2, 0.25) is 0 Å². The smallest absolute Gasteiger partial charge is 0.152 e. The number of methoxy groups -OCH3 is 1. The largest absolute Gasteiger partial charge is 0.382 e. The summed E-state index contributed by atoms with van der Waals surface area (Å²) in [6.45, 7) is 1.61. The van der Waals surface area contributed by atoms with Crippen molar-refractivity contribution in [1.29, 1.82) is 0 Å². The van der Waals surface area contributed by atoms with Crippen LogP contribution in [0, 0.1) is 0 Å². The highest BCUT2D eigenvalue weighted by Gasteiger charge is 2.16. The highest BCUT2D eigenvalue weighted by molar-refractivity contribution is 6.06. The Bertz CT molecular complexity index is 799. The number of fused-ring (bicyclic) bond motifs is 3. The molecule has 3 aromatic rings. The lowest BCUT2D eigenvalue weighted by Crippen LogP contribution is -2.09. The minimum absolute atomic E-state index is 0.409. The molecule has 0 saturated carbocycles. The van der Waals surface area contributed by atoms with E-state index in [-0.39, 0.29) is 0 Å². The molecular formula is C15H19N5O2. The maximum atomic E-state index is 6.08. The molecule has 0 aliphatic heterocycles. The molecule has 0 saturated heterocycles. The second-order valence-electron chi connectivity index (χ2n) is 5.05. The Morgan fingerprint density at radius 3 is 2.82 bits per heavy atom. The third-order valence-corrected chi connectivity index (χ3v) is 3.61. The first kappa shape index (κ1) is 14.7. The Hall–Kier alpha value is -2.22. The van der Waals surface area contributed by atoms with Crippen molar-refractivity contribution in [2.75, 3.05) is 19.5 Å². The molecule has 0 bridgehead atoms. The van der Waals surface area contributed by atoms with Crippen molar-refractivity contribution in [2.45, 2.75) is 19.6 Å². The number of ether oxygens (including phenoxy) is 1. The van der Waals surface area contributed by atoms with Gasteiger partial charge in [-0.2, -0.15) is 0 Å². The van der Waals surface area contributed by atoms with E-state index in [0.717, 1.165) is 35.2 Å². The molecule has 2 aromatic heterocycles. The summed E-state index contributed by atoms with van der Waals surface area (Å²) in [6.07, 6.45) is 0.773. The highest BCUT2D eigenvalue weighted by Crippen LogP contribution is 2.29. The topological polar surface area (TPSA) is 101 Å². The Kier molecular flexibility index (Phi) is 4.19. The van der Waals surface area contributed by atoms with Crippen LogP contribution in [0.5, 0.6) is 0 Å². The van der Waals surface area contributed by atoms with Crippen LogP contribution < -0.4 is 11.6 Å². The molecule has 7 heteroatoms. The molecule has 2 heterocycles. The Balaban J connectivity index is 2.24. The van der Waals surface area contributed by atoms with Crippen LogP contribution in [0.4, 0.5) is 5.82 Å². The number of hydrogen-bond acceptors (Lipinski definition) is 6. The van der Waals surface area contributed by atoms with Gasteiger partial charge in [0.05, 0.1) is 17.6 Å². The number of rotatable bonds is 6. The highest BCUT2D eigenvalue weighted by atomic mass is 16.6. The van der Waals surface area contributed by atoms with Gasteiger partial charge in [0.25, 0.3) is 0 Å². The lowest BCUT2D eigenvalue weighted by atomic mass is 10.2. The average Bonchev–Trinajstić information content (AvgIpc) is 2.88. The van der Waals surface area contributed by atoms with E-state index in [2.05, 4.69) is 19.4 Å². The number of nitrogens with zero attached hydrogens (tertiary/aromatic N) is 3. The molecule has 0 aliphatic rings. The zero-order chi connectivity index (χ0) is 15.5. The number of nitrogen functional groups attached to an aromatic ring is 1. The average molecular weight is 301 g/mol. The predicted molar refractivity (Wildman–Crippen MR) is 84.9 cm³/mol. The summed E-state index contributed by atoms with van der Waals surface area (Å²) in [7, 11) is 1.65. The third-order valence-electron chi connectivity index (χ3n) is 3.61. The summed E-state index contributed by atoms with van der Waals surface area (Å²) in [4.78, 5) is 13.7. The van der Waals surface area contributed by atoms with Gasteiger partial charge in [0.15, 0.2) is 5.82 Å². The van der Waals surface area contributed by atoms with Crippen LogP contribution >= 0.6 is 0 Å². The monoisotopic (exact) mass is 301 g/mol. The normalized spacial score (nSPS) is 11.5. The predicted octanol–water partition coefficient (Wildman–Crippen LogP) is 1.59. The molecule has 0 radical (unpaired) electrons. The van der Waals surface area contributed by atoms with Crippen molar-refractivity contribution in [2.24, 2.45) is 5.90 Å². The van der Waals surface area contributed by atoms with E-state index >= 15 is 0 Å². The molecule has 22 heavy (non-hydrogen) atoms. The zero-order valence-electron chi connectivity index (χ0n) is 12.5. The van der Waals surface area contributed by atoms with Crippen LogP contribution in [0.25, 0.3) is 21.9 Å². The third kappa shape index (κ3) is 2.50. The summed E-state index contributed by atoms with van der Waals surface area (Å²) in [5.74, 6) is 6.36. The molecule has 116 valence electrons. The second kappa shape index (κ2) is 6.27. The molecule has 0 amide bonds. The van der Waals surface area contributed by atoms with Gasteiger partial charge in [0.1, 0.15) is 17.9 Å². The summed E-state index contributed by atoms with van der Waals surface area (Å²) in [5.41, 5.74) is 8.62. The maximum Gasteiger partial charge on any atom is 0.152 e. The summed E-state index contributed by atoms with van der Waals surface area (Å²) in [6, 6.07) is 7.90. The zero-order valence-corrected chi connectivity index (χ0v) is 12.5. The van der Waals surface area contributed by atoms with Crippen molar-refractivity contribution >= 4 is 27.8 Å². The first-order valence-electron chi connectivity index (χ1n) is 7.10. The number of hydrogen-bond donors (Lipinski definition) is 2. The SMILES string of the molecule is COCc1nc2c(N)nc3ccccc3c2n1CCCON. The minimum Gasteiger partial charge on any atom is -0.382 e. The number of aromatic nitrogens is 3. The van der Waals surface area contributed by atoms with Crippen LogP contribution in [0.15, 0.2) is 24.3 Å². The van der Waals surface area contributed by atoms with Gasteiger partial charge in [-0.1, -0.05) is 18.2 Å². The van der Waals surface area contributed by atoms with Gasteiger partial charge >= 0.3 is 0 Å². The van der Waals surface area contributed by atoms with E-state index in [1.54, 1.807) is 7.11 Å². The van der Waals surface area contributed by atoms with Gasteiger partial charge in [-0.3, -0.25) is 0 Å². The number of imidazole rings is 1. The van der Waals surface area contributed by atoms with Crippen LogP contribution in [0.3, 0.4) is 0 Å². The molecule has 1 aromatic carbocycles. The number of para-hydroxylation sites is 1. The molecule has 7 nitrogen and oxygen atoms in total. The first-order chi connectivity index (χ1) is 10.8. The molecule has 0 spiro atoms. The van der Waals surface area contributed by atoms with Crippen molar-refractivity contribution < 1.29 is 9.57 Å². The summed E-state index contributed by atoms with van der Waals surface area (Å²) >= 11 is 0. The fourth-order valence-electron chi connectivity index (χ4n) is 2.69. The van der Waals surface area contributed by atoms with Gasteiger partial charge in [-0.15, -0.1) is 0 Å². The fourth-order valence-corrected chi connectivity index (χ4v) is 2.69. The van der Waals surface area contributed by atoms with E-state index in [1.807, 2.05) is 24.3 Å². The van der Waals surface area contributed by atoms with Crippen LogP contribution in [0.2, 0.25) is 0 Å². The van der Waals surface area contributed by atoms with Gasteiger partial charge < -0.3 is 19.9 Å². The van der Waals surface area contributed by atoms with Crippen molar-refractivity contribution in [3.63, 3.8) is 0 Å². The standard InChI is InChI=1S/C15H19N5O2/c1-21-9-12-19-13-14(20(12)7-4-8-22-17)10-5-2-3-6-11(10)18-15(13)16/h2-3,5-6H,4,7-9,17H2,1H3,(H2,16,18). The summed E-state index contributed by atoms with van der Waals surface area (Å²) in [5, 5.41) is 1.02. The lowest BCUT2D eigenvalue weighted by Gasteiger charge is -2.10. The van der Waals surface area contributed by atoms with E-state index in [9.17, 15) is 0 Å². The lowest BCUT2D eigenvalue weighted by molar-refractivity contribution is 0.131. The Morgan fingerprint density at radius 1 is 1.23 bits per heavy atom. The number of benzene rings is 1. The van der Waals surface area contributed by atoms with Gasteiger partial charge in [-0.25, -0.2) is 15.9 Å². The van der Waals surface area contributed by atoms with Crippen molar-refractivity contribution in [3.8, 4) is 0 Å².